The van der Waals surface area contributed by atoms with Gasteiger partial charge in [0.15, 0.2) is 5.78 Å². The van der Waals surface area contributed by atoms with Crippen molar-refractivity contribution < 1.29 is 14.6 Å². The van der Waals surface area contributed by atoms with Crippen molar-refractivity contribution in [3.63, 3.8) is 0 Å². The van der Waals surface area contributed by atoms with E-state index in [4.69, 9.17) is 4.74 Å². The van der Waals surface area contributed by atoms with Crippen molar-refractivity contribution in [3.05, 3.63) is 65.7 Å². The average molecular weight is 254 g/mol. The van der Waals surface area contributed by atoms with Crippen LogP contribution in [0.4, 0.5) is 0 Å². The summed E-state index contributed by atoms with van der Waals surface area (Å²) in [6.07, 6.45) is -0.808. The number of para-hydroxylation sites is 1. The monoisotopic (exact) mass is 254 g/mol. The molecule has 0 aromatic heterocycles. The first kappa shape index (κ1) is 11.9. The normalized spacial score (nSPS) is 21.3. The molecule has 0 saturated carbocycles. The molecular formula is C16H14O3. The Morgan fingerprint density at radius 2 is 1.74 bits per heavy atom. The lowest BCUT2D eigenvalue weighted by Gasteiger charge is -2.29. The summed E-state index contributed by atoms with van der Waals surface area (Å²) < 4.78 is 5.57. The number of ether oxygens (including phenoxy) is 1. The molecule has 1 unspecified atom stereocenters. The summed E-state index contributed by atoms with van der Waals surface area (Å²) in [6.45, 7) is 0.214. The van der Waals surface area contributed by atoms with Crippen LogP contribution in [0.15, 0.2) is 54.6 Å². The van der Waals surface area contributed by atoms with Crippen LogP contribution >= 0.6 is 0 Å². The Morgan fingerprint density at radius 3 is 2.53 bits per heavy atom. The zero-order valence-corrected chi connectivity index (χ0v) is 10.3. The number of rotatable bonds is 2. The van der Waals surface area contributed by atoms with E-state index >= 15 is 0 Å². The first-order valence-corrected chi connectivity index (χ1v) is 6.26. The minimum Gasteiger partial charge on any atom is -0.492 e. The number of aliphatic hydroxyl groups is 1. The van der Waals surface area contributed by atoms with Gasteiger partial charge in [-0.3, -0.25) is 4.79 Å². The zero-order chi connectivity index (χ0) is 13.2. The van der Waals surface area contributed by atoms with Gasteiger partial charge in [-0.05, 0) is 6.07 Å². The number of hydrogen-bond donors (Lipinski definition) is 1. The quantitative estimate of drug-likeness (QED) is 0.838. The first-order chi connectivity index (χ1) is 9.27. The van der Waals surface area contributed by atoms with Crippen LogP contribution in [0.25, 0.3) is 0 Å². The van der Waals surface area contributed by atoms with Crippen molar-refractivity contribution in [2.45, 2.75) is 6.10 Å². The van der Waals surface area contributed by atoms with Crippen molar-refractivity contribution in [2.24, 2.45) is 5.92 Å². The van der Waals surface area contributed by atoms with E-state index in [1.165, 1.54) is 0 Å². The van der Waals surface area contributed by atoms with Crippen molar-refractivity contribution in [1.82, 2.24) is 0 Å². The van der Waals surface area contributed by atoms with Gasteiger partial charge in [-0.2, -0.15) is 0 Å². The van der Waals surface area contributed by atoms with Gasteiger partial charge in [0, 0.05) is 11.1 Å². The third-order valence-electron chi connectivity index (χ3n) is 3.43. The maximum absolute atomic E-state index is 12.4. The molecule has 0 radical (unpaired) electrons. The van der Waals surface area contributed by atoms with Gasteiger partial charge in [0.1, 0.15) is 12.4 Å². The van der Waals surface area contributed by atoms with E-state index in [9.17, 15) is 9.90 Å². The van der Waals surface area contributed by atoms with E-state index in [1.54, 1.807) is 18.2 Å². The number of hydrogen-bond acceptors (Lipinski definition) is 3. The summed E-state index contributed by atoms with van der Waals surface area (Å²) >= 11 is 0. The predicted octanol–water partition coefficient (Wildman–Crippen LogP) is 2.61. The van der Waals surface area contributed by atoms with Crippen molar-refractivity contribution in [1.29, 1.82) is 0 Å². The minimum atomic E-state index is -0.808. The second-order valence-electron chi connectivity index (χ2n) is 4.63. The fourth-order valence-corrected chi connectivity index (χ4v) is 2.38. The van der Waals surface area contributed by atoms with Gasteiger partial charge in [-0.1, -0.05) is 48.5 Å². The first-order valence-electron chi connectivity index (χ1n) is 6.26. The lowest BCUT2D eigenvalue weighted by atomic mass is 9.87. The van der Waals surface area contributed by atoms with E-state index < -0.39 is 12.0 Å². The molecule has 0 bridgehead atoms. The molecule has 1 aliphatic rings. The molecule has 2 atom stereocenters. The number of Topliss-reactive ketones (excluding diaryl/α,β-unsaturated/α-hetero) is 1. The molecule has 0 spiro atoms. The fraction of sp³-hybridized carbons (Fsp3) is 0.188. The molecule has 3 rings (SSSR count). The molecule has 1 N–H and O–H groups in total. The van der Waals surface area contributed by atoms with E-state index in [2.05, 4.69) is 0 Å². The lowest BCUT2D eigenvalue weighted by Crippen LogP contribution is -2.32. The fourth-order valence-electron chi connectivity index (χ4n) is 2.38. The standard InChI is InChI=1S/C16H14O3/c17-15(11-6-2-1-3-7-11)13-10-19-14-9-5-4-8-12(14)16(13)18/h1-9,13,16,18H,10H2/t13?,16-/m1/s1. The summed E-state index contributed by atoms with van der Waals surface area (Å²) in [5.74, 6) is 0.0343. The largest absolute Gasteiger partial charge is 0.492 e. The number of aliphatic hydroxyl groups excluding tert-OH is 1. The van der Waals surface area contributed by atoms with Gasteiger partial charge < -0.3 is 9.84 Å². The Bertz CT molecular complexity index is 592. The molecular weight excluding hydrogens is 240 g/mol. The Labute approximate surface area is 111 Å². The Morgan fingerprint density at radius 1 is 1.05 bits per heavy atom. The second kappa shape index (κ2) is 4.86. The number of carbonyl (C=O) groups excluding carboxylic acids is 1. The number of benzene rings is 2. The number of carbonyl (C=O) groups is 1. The molecule has 2 aromatic carbocycles. The van der Waals surface area contributed by atoms with Gasteiger partial charge in [0.25, 0.3) is 0 Å². The highest BCUT2D eigenvalue weighted by molar-refractivity contribution is 5.98. The van der Waals surface area contributed by atoms with Crippen LogP contribution in [0, 0.1) is 5.92 Å². The van der Waals surface area contributed by atoms with Crippen LogP contribution in [0.2, 0.25) is 0 Å². The second-order valence-corrected chi connectivity index (χ2v) is 4.63. The predicted molar refractivity (Wildman–Crippen MR) is 71.2 cm³/mol. The molecule has 96 valence electrons. The van der Waals surface area contributed by atoms with Gasteiger partial charge >= 0.3 is 0 Å². The van der Waals surface area contributed by atoms with Gasteiger partial charge in [0.2, 0.25) is 0 Å². The highest BCUT2D eigenvalue weighted by Gasteiger charge is 2.34. The van der Waals surface area contributed by atoms with E-state index in [0.29, 0.717) is 16.9 Å². The summed E-state index contributed by atoms with van der Waals surface area (Å²) in [4.78, 5) is 12.4. The molecule has 19 heavy (non-hydrogen) atoms. The van der Waals surface area contributed by atoms with Gasteiger partial charge in [-0.15, -0.1) is 0 Å². The SMILES string of the molecule is O=C(c1ccccc1)C1COc2ccccc2[C@H]1O. The number of ketones is 1. The zero-order valence-electron chi connectivity index (χ0n) is 10.3. The lowest BCUT2D eigenvalue weighted by molar-refractivity contribution is 0.0418. The molecule has 0 fully saturated rings. The van der Waals surface area contributed by atoms with E-state index in [1.807, 2.05) is 36.4 Å². The van der Waals surface area contributed by atoms with Crippen LogP contribution in [0.1, 0.15) is 22.0 Å². The van der Waals surface area contributed by atoms with Crippen LogP contribution < -0.4 is 4.74 Å². The summed E-state index contributed by atoms with van der Waals surface area (Å²) in [7, 11) is 0. The third-order valence-corrected chi connectivity index (χ3v) is 3.43. The third kappa shape index (κ3) is 2.13. The molecule has 0 aliphatic carbocycles. The molecule has 1 heterocycles. The maximum atomic E-state index is 12.4. The smallest absolute Gasteiger partial charge is 0.172 e. The highest BCUT2D eigenvalue weighted by Crippen LogP contribution is 2.36. The molecule has 0 saturated heterocycles. The van der Waals surface area contributed by atoms with Crippen molar-refractivity contribution >= 4 is 5.78 Å². The van der Waals surface area contributed by atoms with Crippen LogP contribution in [0.3, 0.4) is 0 Å². The number of fused-ring (bicyclic) bond motifs is 1. The Kier molecular flexibility index (Phi) is 3.05. The summed E-state index contributed by atoms with van der Waals surface area (Å²) in [5, 5.41) is 10.4. The molecule has 3 heteroatoms. The topological polar surface area (TPSA) is 46.5 Å². The van der Waals surface area contributed by atoms with E-state index in [0.717, 1.165) is 0 Å². The van der Waals surface area contributed by atoms with Crippen LogP contribution in [-0.2, 0) is 0 Å². The van der Waals surface area contributed by atoms with Crippen molar-refractivity contribution in [3.8, 4) is 5.75 Å². The maximum Gasteiger partial charge on any atom is 0.172 e. The highest BCUT2D eigenvalue weighted by atomic mass is 16.5. The van der Waals surface area contributed by atoms with E-state index in [-0.39, 0.29) is 12.4 Å². The van der Waals surface area contributed by atoms with Crippen LogP contribution in [0.5, 0.6) is 5.75 Å². The van der Waals surface area contributed by atoms with Gasteiger partial charge in [0.05, 0.1) is 12.0 Å². The minimum absolute atomic E-state index is 0.0809. The molecule has 0 amide bonds. The summed E-state index contributed by atoms with van der Waals surface area (Å²) in [5.41, 5.74) is 1.29. The average Bonchev–Trinajstić information content (AvgIpc) is 2.48. The molecule has 1 aliphatic heterocycles. The summed E-state index contributed by atoms with van der Waals surface area (Å²) in [6, 6.07) is 16.3. The molecule has 3 nitrogen and oxygen atoms in total. The van der Waals surface area contributed by atoms with Crippen LogP contribution in [-0.4, -0.2) is 17.5 Å². The Balaban J connectivity index is 1.90. The Hall–Kier alpha value is -2.13. The van der Waals surface area contributed by atoms with Gasteiger partial charge in [-0.25, -0.2) is 0 Å². The molecule has 2 aromatic rings. The van der Waals surface area contributed by atoms with Crippen molar-refractivity contribution in [2.75, 3.05) is 6.61 Å².